The Morgan fingerprint density at radius 2 is 1.69 bits per heavy atom. The van der Waals surface area contributed by atoms with Gasteiger partial charge in [0, 0.05) is 55.8 Å². The van der Waals surface area contributed by atoms with Gasteiger partial charge in [-0.3, -0.25) is 14.4 Å². The largest absolute Gasteiger partial charge is 0.481 e. The molecule has 4 aromatic rings. The number of Topliss-reactive ketones (excluding diaryl/α,β-unsaturated/α-hetero) is 2. The number of pyridine rings is 1. The fourth-order valence-corrected chi connectivity index (χ4v) is 5.81. The molecule has 45 heavy (non-hydrogen) atoms. The van der Waals surface area contributed by atoms with Gasteiger partial charge in [0.15, 0.2) is 5.78 Å². The highest BCUT2D eigenvalue weighted by atomic mass is 16.5. The monoisotopic (exact) mass is 607 g/mol. The number of hydrogen-bond donors (Lipinski definition) is 1. The second-order valence-corrected chi connectivity index (χ2v) is 11.8. The molecule has 0 aliphatic carbocycles. The van der Waals surface area contributed by atoms with Crippen molar-refractivity contribution < 1.29 is 24.2 Å². The summed E-state index contributed by atoms with van der Waals surface area (Å²) in [4.78, 5) is 43.0. The number of rotatable bonds is 18. The lowest BCUT2D eigenvalue weighted by atomic mass is 9.90. The number of nitrogens with zero attached hydrogens (tertiary/aromatic N) is 3. The lowest BCUT2D eigenvalue weighted by Gasteiger charge is -2.14. The summed E-state index contributed by atoms with van der Waals surface area (Å²) in [6, 6.07) is 23.3. The van der Waals surface area contributed by atoms with Crippen molar-refractivity contribution in [2.24, 2.45) is 18.9 Å². The Balaban J connectivity index is 1.37. The molecule has 0 amide bonds. The Bertz CT molecular complexity index is 1640. The second-order valence-electron chi connectivity index (χ2n) is 11.8. The van der Waals surface area contributed by atoms with Crippen LogP contribution in [0.25, 0.3) is 11.0 Å². The van der Waals surface area contributed by atoms with E-state index in [2.05, 4.69) is 11.1 Å². The number of ketones is 2. The molecule has 234 valence electrons. The van der Waals surface area contributed by atoms with Gasteiger partial charge in [-0.1, -0.05) is 67.6 Å². The van der Waals surface area contributed by atoms with Crippen LogP contribution in [0.5, 0.6) is 0 Å². The molecule has 0 spiro atoms. The Hall–Kier alpha value is -4.61. The van der Waals surface area contributed by atoms with Crippen molar-refractivity contribution in [3.8, 4) is 6.07 Å². The summed E-state index contributed by atoms with van der Waals surface area (Å²) in [7, 11) is 1.89. The molecule has 4 rings (SSSR count). The molecule has 0 aliphatic rings. The van der Waals surface area contributed by atoms with Crippen molar-refractivity contribution in [1.82, 2.24) is 9.55 Å². The zero-order valence-electron chi connectivity index (χ0n) is 26.1. The molecule has 8 nitrogen and oxygen atoms in total. The van der Waals surface area contributed by atoms with E-state index < -0.39 is 11.9 Å². The van der Waals surface area contributed by atoms with E-state index in [9.17, 15) is 24.8 Å². The van der Waals surface area contributed by atoms with Crippen LogP contribution in [0.4, 0.5) is 0 Å². The SMILES string of the molecule is C[C@H](CC(=O)CC[C@@H](Cc1ccccc1)C(=O)O)CC(=O)c1c(CCCCOCc2ccccc2)n(C)c2ncc(C#N)cc12. The van der Waals surface area contributed by atoms with Gasteiger partial charge in [0.2, 0.25) is 0 Å². The van der Waals surface area contributed by atoms with Crippen molar-refractivity contribution in [3.05, 3.63) is 101 Å². The van der Waals surface area contributed by atoms with Gasteiger partial charge in [-0.25, -0.2) is 4.98 Å². The molecule has 0 fully saturated rings. The van der Waals surface area contributed by atoms with Crippen LogP contribution in [0.15, 0.2) is 72.9 Å². The number of aliphatic carboxylic acids is 1. The first-order chi connectivity index (χ1) is 21.8. The molecule has 2 aromatic heterocycles. The average Bonchev–Trinajstić information content (AvgIpc) is 3.31. The fraction of sp³-hybridized carbons (Fsp3) is 0.378. The Labute approximate surface area is 264 Å². The summed E-state index contributed by atoms with van der Waals surface area (Å²) in [5.74, 6) is -1.90. The summed E-state index contributed by atoms with van der Waals surface area (Å²) in [5, 5.41) is 19.8. The first kappa shape index (κ1) is 33.3. The highest BCUT2D eigenvalue weighted by molar-refractivity contribution is 6.09. The molecule has 8 heteroatoms. The van der Waals surface area contributed by atoms with E-state index in [1.54, 1.807) is 6.07 Å². The summed E-state index contributed by atoms with van der Waals surface area (Å²) in [6.45, 7) is 3.04. The van der Waals surface area contributed by atoms with Crippen LogP contribution in [-0.2, 0) is 40.8 Å². The molecular weight excluding hydrogens is 566 g/mol. The van der Waals surface area contributed by atoms with Crippen molar-refractivity contribution in [2.45, 2.75) is 64.9 Å². The number of carbonyl (C=O) groups is 3. The molecule has 1 N–H and O–H groups in total. The third-order valence-corrected chi connectivity index (χ3v) is 8.17. The van der Waals surface area contributed by atoms with Crippen LogP contribution in [-0.4, -0.2) is 38.8 Å². The number of carboxylic acids is 1. The number of ether oxygens (including phenoxy) is 1. The van der Waals surface area contributed by atoms with Crippen molar-refractivity contribution in [1.29, 1.82) is 5.26 Å². The van der Waals surface area contributed by atoms with E-state index in [-0.39, 0.29) is 43.2 Å². The average molecular weight is 608 g/mol. The molecule has 2 atom stereocenters. The van der Waals surface area contributed by atoms with Crippen LogP contribution in [0.1, 0.15) is 78.2 Å². The number of nitriles is 1. The number of fused-ring (bicyclic) bond motifs is 1. The van der Waals surface area contributed by atoms with Gasteiger partial charge in [0.25, 0.3) is 0 Å². The van der Waals surface area contributed by atoms with Crippen LogP contribution in [0, 0.1) is 23.2 Å². The summed E-state index contributed by atoms with van der Waals surface area (Å²) in [5.41, 5.74) is 4.51. The number of benzene rings is 2. The van der Waals surface area contributed by atoms with Gasteiger partial charge in [-0.15, -0.1) is 0 Å². The standard InChI is InChI=1S/C37H41N3O5/c1-26(19-31(41)17-16-30(37(43)44)21-27-11-5-3-6-12-27)20-34(42)35-32-22-29(23-38)24-39-36(32)40(2)33(35)15-9-10-18-45-25-28-13-7-4-8-14-28/h3-8,11-14,22,24,26,30H,9-10,15-21,25H2,1-2H3,(H,43,44)/t26-,30+/m1/s1. The van der Waals surface area contributed by atoms with Crippen LogP contribution >= 0.6 is 0 Å². The number of unbranched alkanes of at least 4 members (excludes halogenated alkanes) is 1. The Morgan fingerprint density at radius 3 is 2.36 bits per heavy atom. The number of hydrogen-bond acceptors (Lipinski definition) is 6. The number of aryl methyl sites for hydroxylation is 1. The molecule has 0 bridgehead atoms. The van der Waals surface area contributed by atoms with Crippen LogP contribution in [0.3, 0.4) is 0 Å². The highest BCUT2D eigenvalue weighted by Gasteiger charge is 2.25. The number of carbonyl (C=O) groups excluding carboxylic acids is 2. The quantitative estimate of drug-likeness (QED) is 0.0967. The smallest absolute Gasteiger partial charge is 0.306 e. The van der Waals surface area contributed by atoms with E-state index in [0.29, 0.717) is 48.2 Å². The predicted molar refractivity (Wildman–Crippen MR) is 173 cm³/mol. The van der Waals surface area contributed by atoms with Crippen LogP contribution < -0.4 is 0 Å². The van der Waals surface area contributed by atoms with Crippen molar-refractivity contribution in [3.63, 3.8) is 0 Å². The summed E-state index contributed by atoms with van der Waals surface area (Å²) in [6.07, 6.45) is 4.96. The third kappa shape index (κ3) is 9.44. The molecular formula is C37H41N3O5. The number of aromatic nitrogens is 2. The summed E-state index contributed by atoms with van der Waals surface area (Å²) >= 11 is 0. The molecule has 0 radical (unpaired) electrons. The van der Waals surface area contributed by atoms with Crippen LogP contribution in [0.2, 0.25) is 0 Å². The van der Waals surface area contributed by atoms with E-state index in [0.717, 1.165) is 29.7 Å². The first-order valence-corrected chi connectivity index (χ1v) is 15.6. The maximum atomic E-state index is 13.8. The van der Waals surface area contributed by atoms with Gasteiger partial charge in [-0.2, -0.15) is 5.26 Å². The van der Waals surface area contributed by atoms with E-state index >= 15 is 0 Å². The van der Waals surface area contributed by atoms with Gasteiger partial charge < -0.3 is 14.4 Å². The van der Waals surface area contributed by atoms with Gasteiger partial charge in [-0.05, 0) is 55.2 Å². The maximum absolute atomic E-state index is 13.8. The molecule has 2 aromatic carbocycles. The van der Waals surface area contributed by atoms with Gasteiger partial charge in [0.1, 0.15) is 17.5 Å². The highest BCUT2D eigenvalue weighted by Crippen LogP contribution is 2.29. The van der Waals surface area contributed by atoms with E-state index in [1.807, 2.05) is 79.2 Å². The summed E-state index contributed by atoms with van der Waals surface area (Å²) < 4.78 is 7.77. The zero-order valence-corrected chi connectivity index (χ0v) is 26.1. The Morgan fingerprint density at radius 1 is 1.00 bits per heavy atom. The first-order valence-electron chi connectivity index (χ1n) is 15.6. The minimum Gasteiger partial charge on any atom is -0.481 e. The third-order valence-electron chi connectivity index (χ3n) is 8.17. The van der Waals surface area contributed by atoms with Gasteiger partial charge in [0.05, 0.1) is 18.1 Å². The van der Waals surface area contributed by atoms with Gasteiger partial charge >= 0.3 is 5.97 Å². The molecule has 0 aliphatic heterocycles. The zero-order chi connectivity index (χ0) is 32.2. The number of carboxylic acid groups (broad SMARTS) is 1. The normalized spacial score (nSPS) is 12.5. The molecule has 2 heterocycles. The van der Waals surface area contributed by atoms with Crippen molar-refractivity contribution >= 4 is 28.6 Å². The van der Waals surface area contributed by atoms with E-state index in [4.69, 9.17) is 4.74 Å². The molecule has 0 saturated carbocycles. The molecule has 0 unspecified atom stereocenters. The predicted octanol–water partition coefficient (Wildman–Crippen LogP) is 6.88. The molecule has 0 saturated heterocycles. The lowest BCUT2D eigenvalue weighted by Crippen LogP contribution is -2.19. The Kier molecular flexibility index (Phi) is 12.2. The second kappa shape index (κ2) is 16.5. The minimum absolute atomic E-state index is 0.0447. The fourth-order valence-electron chi connectivity index (χ4n) is 5.81. The van der Waals surface area contributed by atoms with Crippen molar-refractivity contribution in [2.75, 3.05) is 6.61 Å². The maximum Gasteiger partial charge on any atom is 0.306 e. The lowest BCUT2D eigenvalue weighted by molar-refractivity contribution is -0.142. The van der Waals surface area contributed by atoms with E-state index in [1.165, 1.54) is 6.20 Å². The minimum atomic E-state index is -0.911. The topological polar surface area (TPSA) is 122 Å².